The fraction of sp³-hybridized carbons (Fsp3) is 0.333. The van der Waals surface area contributed by atoms with E-state index in [9.17, 15) is 14.6 Å². The Morgan fingerprint density at radius 3 is 2.17 bits per heavy atom. The van der Waals surface area contributed by atoms with Gasteiger partial charge in [0.05, 0.1) is 0 Å². The number of unbranched alkanes of at least 4 members (excludes halogenated alkanes) is 2. The van der Waals surface area contributed by atoms with Gasteiger partial charge in [-0.1, -0.05) is 51.8 Å². The summed E-state index contributed by atoms with van der Waals surface area (Å²) in [5.41, 5.74) is 2.37. The Balaban J connectivity index is 2.51. The van der Waals surface area contributed by atoms with Crippen molar-refractivity contribution in [3.8, 4) is 11.5 Å². The predicted octanol–water partition coefficient (Wildman–Crippen LogP) is 5.79. The first-order valence-corrected chi connectivity index (χ1v) is 8.34. The van der Waals surface area contributed by atoms with E-state index in [2.05, 4.69) is 13.0 Å². The second kappa shape index (κ2) is 7.52. The molecule has 0 saturated carbocycles. The Bertz CT molecular complexity index is 695. The second-order valence-electron chi connectivity index (χ2n) is 6.63. The lowest BCUT2D eigenvalue weighted by atomic mass is 9.74. The van der Waals surface area contributed by atoms with Gasteiger partial charge >= 0.3 is 0 Å². The third kappa shape index (κ3) is 4.16. The third-order valence-electron chi connectivity index (χ3n) is 4.36. The molecule has 0 atom stereocenters. The van der Waals surface area contributed by atoms with Crippen molar-refractivity contribution in [3.63, 3.8) is 0 Å². The van der Waals surface area contributed by atoms with Crippen LogP contribution in [0.3, 0.4) is 0 Å². The van der Waals surface area contributed by atoms with Crippen molar-refractivity contribution in [2.45, 2.75) is 45.4 Å². The second-order valence-corrected chi connectivity index (χ2v) is 6.63. The van der Waals surface area contributed by atoms with E-state index in [0.717, 1.165) is 36.0 Å². The summed E-state index contributed by atoms with van der Waals surface area (Å²) in [6, 6.07) is 11.1. The van der Waals surface area contributed by atoms with Crippen molar-refractivity contribution in [1.82, 2.24) is 0 Å². The van der Waals surface area contributed by atoms with Crippen molar-refractivity contribution in [1.29, 1.82) is 0 Å². The van der Waals surface area contributed by atoms with Gasteiger partial charge in [0, 0.05) is 11.5 Å². The molecule has 2 rings (SSSR count). The molecule has 0 heterocycles. The van der Waals surface area contributed by atoms with Crippen LogP contribution in [0, 0.1) is 5.82 Å². The van der Waals surface area contributed by atoms with Gasteiger partial charge in [-0.25, -0.2) is 4.39 Å². The molecule has 0 radical (unpaired) electrons. The molecular formula is C21H25FO2. The van der Waals surface area contributed by atoms with Crippen LogP contribution in [0.5, 0.6) is 11.5 Å². The van der Waals surface area contributed by atoms with Gasteiger partial charge in [-0.2, -0.15) is 0 Å². The first-order valence-electron chi connectivity index (χ1n) is 8.34. The summed E-state index contributed by atoms with van der Waals surface area (Å²) in [7, 11) is 0. The van der Waals surface area contributed by atoms with Crippen LogP contribution in [-0.2, 0) is 5.41 Å². The van der Waals surface area contributed by atoms with E-state index in [4.69, 9.17) is 0 Å². The summed E-state index contributed by atoms with van der Waals surface area (Å²) in [6.07, 6.45) is 5.28. The zero-order valence-corrected chi connectivity index (χ0v) is 14.5. The van der Waals surface area contributed by atoms with Crippen LogP contribution in [0.15, 0.2) is 48.5 Å². The van der Waals surface area contributed by atoms with Gasteiger partial charge in [0.2, 0.25) is 0 Å². The van der Waals surface area contributed by atoms with Crippen LogP contribution in [0.25, 0.3) is 5.57 Å². The van der Waals surface area contributed by atoms with E-state index < -0.39 is 5.41 Å². The average molecular weight is 328 g/mol. The largest absolute Gasteiger partial charge is 0.508 e. The molecule has 3 heteroatoms. The van der Waals surface area contributed by atoms with Gasteiger partial charge in [0.25, 0.3) is 0 Å². The molecule has 0 saturated heterocycles. The van der Waals surface area contributed by atoms with Crippen LogP contribution in [0.4, 0.5) is 4.39 Å². The van der Waals surface area contributed by atoms with Gasteiger partial charge in [-0.15, -0.1) is 0 Å². The number of benzene rings is 2. The molecule has 0 aliphatic heterocycles. The fourth-order valence-corrected chi connectivity index (χ4v) is 2.93. The van der Waals surface area contributed by atoms with Crippen LogP contribution < -0.4 is 0 Å². The van der Waals surface area contributed by atoms with E-state index in [1.807, 2.05) is 13.8 Å². The van der Waals surface area contributed by atoms with E-state index in [-0.39, 0.29) is 17.3 Å². The Kier molecular flexibility index (Phi) is 5.66. The standard InChI is InChI=1S/C21H25FO2/c1-4-5-6-7-20(15-8-10-17(22)11-9-15)21(2,3)16-12-18(23)14-19(24)13-16/h7-14,23-24H,4-6H2,1-3H3/b20-7+. The highest BCUT2D eigenvalue weighted by Gasteiger charge is 2.27. The van der Waals surface area contributed by atoms with Crippen LogP contribution in [-0.4, -0.2) is 10.2 Å². The van der Waals surface area contributed by atoms with E-state index >= 15 is 0 Å². The number of phenols is 2. The molecule has 128 valence electrons. The molecule has 0 bridgehead atoms. The lowest BCUT2D eigenvalue weighted by molar-refractivity contribution is 0.447. The molecule has 0 amide bonds. The predicted molar refractivity (Wildman–Crippen MR) is 96.7 cm³/mol. The van der Waals surface area contributed by atoms with Gasteiger partial charge in [-0.3, -0.25) is 0 Å². The SMILES string of the molecule is CCCC/C=C(\c1ccc(F)cc1)C(C)(C)c1cc(O)cc(O)c1. The summed E-state index contributed by atoms with van der Waals surface area (Å²) >= 11 is 0. The maximum Gasteiger partial charge on any atom is 0.123 e. The number of rotatable bonds is 6. The number of hydrogen-bond donors (Lipinski definition) is 2. The first kappa shape index (κ1) is 18.1. The van der Waals surface area contributed by atoms with Gasteiger partial charge in [0.1, 0.15) is 17.3 Å². The quantitative estimate of drug-likeness (QED) is 0.659. The molecule has 24 heavy (non-hydrogen) atoms. The minimum Gasteiger partial charge on any atom is -0.508 e. The maximum atomic E-state index is 13.3. The van der Waals surface area contributed by atoms with Crippen LogP contribution >= 0.6 is 0 Å². The zero-order valence-electron chi connectivity index (χ0n) is 14.5. The molecule has 0 unspecified atom stereocenters. The molecule has 2 aromatic carbocycles. The number of hydrogen-bond acceptors (Lipinski definition) is 2. The van der Waals surface area contributed by atoms with E-state index in [0.29, 0.717) is 0 Å². The molecular weight excluding hydrogens is 303 g/mol. The van der Waals surface area contributed by atoms with Crippen molar-refractivity contribution in [2.24, 2.45) is 0 Å². The normalized spacial score (nSPS) is 12.4. The van der Waals surface area contributed by atoms with Crippen molar-refractivity contribution in [3.05, 3.63) is 65.5 Å². The summed E-state index contributed by atoms with van der Waals surface area (Å²) in [5, 5.41) is 19.7. The lowest BCUT2D eigenvalue weighted by Crippen LogP contribution is -2.19. The third-order valence-corrected chi connectivity index (χ3v) is 4.36. The topological polar surface area (TPSA) is 40.5 Å². The zero-order chi connectivity index (χ0) is 17.7. The average Bonchev–Trinajstić information content (AvgIpc) is 2.52. The smallest absolute Gasteiger partial charge is 0.123 e. The fourth-order valence-electron chi connectivity index (χ4n) is 2.93. The number of phenolic OH excluding ortho intramolecular Hbond substituents is 2. The number of aromatic hydroxyl groups is 2. The van der Waals surface area contributed by atoms with Crippen molar-refractivity contribution < 1.29 is 14.6 Å². The minimum atomic E-state index is -0.443. The monoisotopic (exact) mass is 328 g/mol. The first-order chi connectivity index (χ1) is 11.3. The van der Waals surface area contributed by atoms with Gasteiger partial charge in [-0.05, 0) is 47.4 Å². The molecule has 2 aromatic rings. The van der Waals surface area contributed by atoms with Crippen LogP contribution in [0.2, 0.25) is 0 Å². The van der Waals surface area contributed by atoms with Crippen molar-refractivity contribution in [2.75, 3.05) is 0 Å². The molecule has 0 aliphatic carbocycles. The number of allylic oxidation sites excluding steroid dienone is 2. The molecule has 2 nitrogen and oxygen atoms in total. The highest BCUT2D eigenvalue weighted by atomic mass is 19.1. The molecule has 2 N–H and O–H groups in total. The van der Waals surface area contributed by atoms with Gasteiger partial charge in [0.15, 0.2) is 0 Å². The Morgan fingerprint density at radius 1 is 1.04 bits per heavy atom. The molecule has 0 spiro atoms. The minimum absolute atomic E-state index is 0.0325. The highest BCUT2D eigenvalue weighted by Crippen LogP contribution is 2.40. The molecule has 0 aromatic heterocycles. The maximum absolute atomic E-state index is 13.3. The van der Waals surface area contributed by atoms with E-state index in [1.165, 1.54) is 18.2 Å². The molecule has 0 fully saturated rings. The summed E-state index contributed by atoms with van der Waals surface area (Å²) in [4.78, 5) is 0. The summed E-state index contributed by atoms with van der Waals surface area (Å²) in [6.45, 7) is 6.23. The number of halogens is 1. The Labute approximate surface area is 143 Å². The van der Waals surface area contributed by atoms with E-state index in [1.54, 1.807) is 24.3 Å². The van der Waals surface area contributed by atoms with Crippen LogP contribution in [0.1, 0.15) is 51.2 Å². The highest BCUT2D eigenvalue weighted by molar-refractivity contribution is 5.75. The van der Waals surface area contributed by atoms with Crippen molar-refractivity contribution >= 4 is 5.57 Å². The van der Waals surface area contributed by atoms with Gasteiger partial charge < -0.3 is 10.2 Å². The Morgan fingerprint density at radius 2 is 1.62 bits per heavy atom. The molecule has 0 aliphatic rings. The Hall–Kier alpha value is -2.29. The summed E-state index contributed by atoms with van der Waals surface area (Å²) < 4.78 is 13.3. The lowest BCUT2D eigenvalue weighted by Gasteiger charge is -2.30. The summed E-state index contributed by atoms with van der Waals surface area (Å²) in [5.74, 6) is -0.199.